The van der Waals surface area contributed by atoms with Crippen LogP contribution in [0.1, 0.15) is 30.9 Å². The third kappa shape index (κ3) is 5.58. The van der Waals surface area contributed by atoms with E-state index in [-0.39, 0.29) is 17.7 Å². The average Bonchev–Trinajstić information content (AvgIpc) is 2.70. The van der Waals surface area contributed by atoms with Crippen molar-refractivity contribution in [2.24, 2.45) is 0 Å². The quantitative estimate of drug-likeness (QED) is 0.329. The number of hydrogen-bond donors (Lipinski definition) is 0. The number of benzene rings is 3. The first-order valence-electron chi connectivity index (χ1n) is 9.92. The third-order valence-corrected chi connectivity index (χ3v) is 4.96. The second kappa shape index (κ2) is 9.59. The number of alkyl halides is 3. The molecular weight excluding hydrogens is 433 g/mol. The molecule has 0 heterocycles. The van der Waals surface area contributed by atoms with Crippen molar-refractivity contribution in [1.29, 1.82) is 0 Å². The molecule has 0 aromatic heterocycles. The Labute approximate surface area is 181 Å². The first-order valence-corrected chi connectivity index (χ1v) is 9.92. The average molecular weight is 452 g/mol. The molecule has 0 fully saturated rings. The normalized spacial score (nSPS) is 12.0. The van der Waals surface area contributed by atoms with Crippen molar-refractivity contribution in [3.8, 4) is 22.3 Å². The molecule has 0 amide bonds. The van der Waals surface area contributed by atoms with E-state index in [1.807, 2.05) is 12.1 Å². The Balaban J connectivity index is 1.95. The highest BCUT2D eigenvalue weighted by Gasteiger charge is 2.23. The van der Waals surface area contributed by atoms with Gasteiger partial charge in [0, 0.05) is 11.6 Å². The van der Waals surface area contributed by atoms with Crippen molar-refractivity contribution < 1.29 is 30.7 Å². The highest BCUT2D eigenvalue weighted by Crippen LogP contribution is 2.33. The zero-order valence-electron chi connectivity index (χ0n) is 17.0. The Kier molecular flexibility index (Phi) is 7.06. The summed E-state index contributed by atoms with van der Waals surface area (Å²) in [6.45, 7) is 2.08. The van der Waals surface area contributed by atoms with E-state index in [0.717, 1.165) is 37.0 Å². The van der Waals surface area contributed by atoms with Gasteiger partial charge in [0.25, 0.3) is 0 Å². The second-order valence-electron chi connectivity index (χ2n) is 7.34. The number of allylic oxidation sites excluding steroid dienone is 1. The maximum atomic E-state index is 14.7. The van der Waals surface area contributed by atoms with Gasteiger partial charge < -0.3 is 0 Å². The zero-order chi connectivity index (χ0) is 23.5. The molecule has 0 aliphatic rings. The van der Waals surface area contributed by atoms with Crippen LogP contribution in [0.3, 0.4) is 0 Å². The molecule has 0 spiro atoms. The lowest BCUT2D eigenvalue weighted by atomic mass is 9.96. The molecule has 0 radical (unpaired) electrons. The van der Waals surface area contributed by atoms with Gasteiger partial charge in [0.1, 0.15) is 23.3 Å². The summed E-state index contributed by atoms with van der Waals surface area (Å²) in [5, 5.41) is 0. The standard InChI is InChI=1S/C25H19F7/c1-2-3-4-15-5-7-16(8-6-15)17-11-22(28)24(23(29)12-17)18-13-20(26)19(21(27)14-18)9-10-25(30,31)32/h5-14H,2-4H2,1H3/b10-9+. The van der Waals surface area contributed by atoms with Gasteiger partial charge in [0.05, 0.1) is 5.56 Å². The summed E-state index contributed by atoms with van der Waals surface area (Å²) in [5.41, 5.74) is -0.167. The molecule has 7 heteroatoms. The lowest BCUT2D eigenvalue weighted by Crippen LogP contribution is -2.01. The van der Waals surface area contributed by atoms with Gasteiger partial charge in [-0.1, -0.05) is 37.6 Å². The van der Waals surface area contributed by atoms with Gasteiger partial charge in [-0.2, -0.15) is 13.2 Å². The van der Waals surface area contributed by atoms with Crippen molar-refractivity contribution in [3.63, 3.8) is 0 Å². The van der Waals surface area contributed by atoms with Gasteiger partial charge in [0.2, 0.25) is 0 Å². The Bertz CT molecular complexity index is 1080. The molecule has 0 nitrogen and oxygen atoms in total. The van der Waals surface area contributed by atoms with Crippen LogP contribution in [0.5, 0.6) is 0 Å². The summed E-state index contributed by atoms with van der Waals surface area (Å²) in [4.78, 5) is 0. The van der Waals surface area contributed by atoms with Crippen LogP contribution >= 0.6 is 0 Å². The van der Waals surface area contributed by atoms with E-state index in [2.05, 4.69) is 6.92 Å². The number of halogens is 7. The predicted molar refractivity (Wildman–Crippen MR) is 111 cm³/mol. The minimum Gasteiger partial charge on any atom is -0.206 e. The van der Waals surface area contributed by atoms with Gasteiger partial charge >= 0.3 is 6.18 Å². The fraction of sp³-hybridized carbons (Fsp3) is 0.200. The first-order chi connectivity index (χ1) is 15.1. The topological polar surface area (TPSA) is 0 Å². The van der Waals surface area contributed by atoms with E-state index >= 15 is 0 Å². The third-order valence-electron chi connectivity index (χ3n) is 4.96. The summed E-state index contributed by atoms with van der Waals surface area (Å²) in [5.74, 6) is -4.84. The van der Waals surface area contributed by atoms with E-state index in [9.17, 15) is 30.7 Å². The number of hydrogen-bond acceptors (Lipinski definition) is 0. The van der Waals surface area contributed by atoms with Gasteiger partial charge in [-0.25, -0.2) is 17.6 Å². The molecule has 168 valence electrons. The smallest absolute Gasteiger partial charge is 0.206 e. The Morgan fingerprint density at radius 2 is 1.25 bits per heavy atom. The molecule has 3 aromatic carbocycles. The molecule has 0 aliphatic heterocycles. The Hall–Kier alpha value is -3.09. The maximum absolute atomic E-state index is 14.7. The van der Waals surface area contributed by atoms with Crippen LogP contribution in [-0.2, 0) is 6.42 Å². The molecule has 0 aliphatic carbocycles. The molecule has 0 saturated carbocycles. The summed E-state index contributed by atoms with van der Waals surface area (Å²) in [7, 11) is 0. The van der Waals surface area contributed by atoms with Crippen molar-refractivity contribution in [2.75, 3.05) is 0 Å². The SMILES string of the molecule is CCCCc1ccc(-c2cc(F)c(-c3cc(F)c(/C=C/C(F)(F)F)c(F)c3)c(F)c2)cc1. The van der Waals surface area contributed by atoms with Gasteiger partial charge in [-0.3, -0.25) is 0 Å². The number of aryl methyl sites for hydroxylation is 1. The van der Waals surface area contributed by atoms with Gasteiger partial charge in [-0.05, 0) is 65.4 Å². The van der Waals surface area contributed by atoms with Gasteiger partial charge in [0.15, 0.2) is 0 Å². The van der Waals surface area contributed by atoms with Crippen LogP contribution < -0.4 is 0 Å². The monoisotopic (exact) mass is 452 g/mol. The van der Waals surface area contributed by atoms with Crippen molar-refractivity contribution in [2.45, 2.75) is 32.4 Å². The van der Waals surface area contributed by atoms with Crippen molar-refractivity contribution in [1.82, 2.24) is 0 Å². The first kappa shape index (κ1) is 23.6. The van der Waals surface area contributed by atoms with E-state index in [1.54, 1.807) is 12.1 Å². The highest BCUT2D eigenvalue weighted by atomic mass is 19.4. The van der Waals surface area contributed by atoms with Crippen LogP contribution in [0.15, 0.2) is 54.6 Å². The fourth-order valence-corrected chi connectivity index (χ4v) is 3.33. The maximum Gasteiger partial charge on any atom is 0.409 e. The molecule has 0 atom stereocenters. The van der Waals surface area contributed by atoms with Gasteiger partial charge in [-0.15, -0.1) is 0 Å². The van der Waals surface area contributed by atoms with Crippen molar-refractivity contribution in [3.05, 3.63) is 89.0 Å². The molecule has 3 aromatic rings. The van der Waals surface area contributed by atoms with Crippen LogP contribution in [0, 0.1) is 23.3 Å². The Morgan fingerprint density at radius 1 is 0.719 bits per heavy atom. The van der Waals surface area contributed by atoms with Crippen LogP contribution in [-0.4, -0.2) is 6.18 Å². The molecule has 0 saturated heterocycles. The second-order valence-corrected chi connectivity index (χ2v) is 7.34. The largest absolute Gasteiger partial charge is 0.409 e. The molecule has 0 bridgehead atoms. The zero-order valence-corrected chi connectivity index (χ0v) is 17.0. The number of rotatable bonds is 6. The molecule has 32 heavy (non-hydrogen) atoms. The van der Waals surface area contributed by atoms with E-state index in [0.29, 0.717) is 17.7 Å². The fourth-order valence-electron chi connectivity index (χ4n) is 3.33. The summed E-state index contributed by atoms with van der Waals surface area (Å²) >= 11 is 0. The van der Waals surface area contributed by atoms with Crippen LogP contribution in [0.25, 0.3) is 28.3 Å². The minimum atomic E-state index is -4.76. The lowest BCUT2D eigenvalue weighted by Gasteiger charge is -2.11. The Morgan fingerprint density at radius 3 is 1.75 bits per heavy atom. The van der Waals surface area contributed by atoms with Crippen LogP contribution in [0.2, 0.25) is 0 Å². The summed E-state index contributed by atoms with van der Waals surface area (Å²) < 4.78 is 94.7. The van der Waals surface area contributed by atoms with Crippen LogP contribution in [0.4, 0.5) is 30.7 Å². The lowest BCUT2D eigenvalue weighted by molar-refractivity contribution is -0.0790. The minimum absolute atomic E-state index is 0.231. The molecule has 0 unspecified atom stereocenters. The molecular formula is C25H19F7. The van der Waals surface area contributed by atoms with Crippen molar-refractivity contribution >= 4 is 6.08 Å². The molecule has 0 N–H and O–H groups in total. The molecule has 3 rings (SSSR count). The number of unbranched alkanes of at least 4 members (excludes halogenated alkanes) is 1. The highest BCUT2D eigenvalue weighted by molar-refractivity contribution is 5.73. The predicted octanol–water partition coefficient (Wildman–Crippen LogP) is 8.50. The summed E-state index contributed by atoms with van der Waals surface area (Å²) in [6.07, 6.45) is -1.90. The summed E-state index contributed by atoms with van der Waals surface area (Å²) in [6, 6.07) is 10.5. The van der Waals surface area contributed by atoms with E-state index in [4.69, 9.17) is 0 Å². The van der Waals surface area contributed by atoms with E-state index < -0.39 is 46.1 Å². The van der Waals surface area contributed by atoms with E-state index in [1.165, 1.54) is 0 Å².